The number of aromatic nitrogens is 2. The van der Waals surface area contributed by atoms with Crippen molar-refractivity contribution < 1.29 is 14.3 Å². The van der Waals surface area contributed by atoms with Crippen LogP contribution < -0.4 is 16.2 Å². The largest absolute Gasteiger partial charge is 0.444 e. The maximum atomic E-state index is 12.7. The molecule has 0 spiro atoms. The summed E-state index contributed by atoms with van der Waals surface area (Å²) in [6.07, 6.45) is 3.47. The third-order valence-corrected chi connectivity index (χ3v) is 6.28. The summed E-state index contributed by atoms with van der Waals surface area (Å²) in [7, 11) is 0. The van der Waals surface area contributed by atoms with Crippen molar-refractivity contribution >= 4 is 45.2 Å². The molecule has 31 heavy (non-hydrogen) atoms. The van der Waals surface area contributed by atoms with E-state index in [-0.39, 0.29) is 36.2 Å². The maximum Gasteiger partial charge on any atom is 0.407 e. The van der Waals surface area contributed by atoms with Crippen LogP contribution in [-0.4, -0.2) is 34.0 Å². The van der Waals surface area contributed by atoms with Gasteiger partial charge in [-0.3, -0.25) is 14.0 Å². The average Bonchev–Trinajstić information content (AvgIpc) is 3.18. The van der Waals surface area contributed by atoms with Gasteiger partial charge in [-0.2, -0.15) is 0 Å². The molecule has 0 unspecified atom stereocenters. The maximum absolute atomic E-state index is 12.7. The summed E-state index contributed by atoms with van der Waals surface area (Å²) in [5, 5.41) is 5.91. The van der Waals surface area contributed by atoms with Gasteiger partial charge in [0.1, 0.15) is 12.3 Å². The summed E-state index contributed by atoms with van der Waals surface area (Å²) < 4.78 is 7.29. The van der Waals surface area contributed by atoms with Crippen LogP contribution in [0.5, 0.6) is 0 Å². The molecule has 10 heteroatoms. The van der Waals surface area contributed by atoms with Crippen LogP contribution in [0, 0.1) is 0 Å². The van der Waals surface area contributed by atoms with Gasteiger partial charge in [-0.1, -0.05) is 23.7 Å². The van der Waals surface area contributed by atoms with Gasteiger partial charge in [-0.05, 0) is 46.1 Å². The Kier molecular flexibility index (Phi) is 6.24. The number of halogens is 2. The highest BCUT2D eigenvalue weighted by Gasteiger charge is 2.21. The zero-order valence-corrected chi connectivity index (χ0v) is 18.6. The van der Waals surface area contributed by atoms with Gasteiger partial charge in [0.05, 0.1) is 10.6 Å². The van der Waals surface area contributed by atoms with Crippen LogP contribution in [0.15, 0.2) is 52.0 Å². The van der Waals surface area contributed by atoms with Gasteiger partial charge in [-0.15, -0.1) is 0 Å². The van der Waals surface area contributed by atoms with E-state index in [1.54, 1.807) is 18.3 Å². The van der Waals surface area contributed by atoms with Crippen LogP contribution in [0.1, 0.15) is 18.4 Å². The molecule has 2 aromatic heterocycles. The van der Waals surface area contributed by atoms with Crippen LogP contribution in [0.25, 0.3) is 16.8 Å². The lowest BCUT2D eigenvalue weighted by atomic mass is 10.1. The molecule has 2 N–H and O–H groups in total. The molecule has 1 saturated heterocycles. The van der Waals surface area contributed by atoms with E-state index in [0.717, 1.165) is 15.6 Å². The molecule has 1 aromatic carbocycles. The average molecular weight is 506 g/mol. The summed E-state index contributed by atoms with van der Waals surface area (Å²) in [4.78, 5) is 40.1. The molecule has 3 aromatic rings. The van der Waals surface area contributed by atoms with Crippen LogP contribution in [0.2, 0.25) is 5.02 Å². The monoisotopic (exact) mass is 504 g/mol. The second kappa shape index (κ2) is 9.07. The fraction of sp³-hybridized carbons (Fsp3) is 0.238. The predicted molar refractivity (Wildman–Crippen MR) is 119 cm³/mol. The minimum Gasteiger partial charge on any atom is -0.444 e. The zero-order valence-electron chi connectivity index (χ0n) is 16.2. The Balaban J connectivity index is 1.45. The van der Waals surface area contributed by atoms with Crippen molar-refractivity contribution in [2.45, 2.75) is 25.5 Å². The molecular weight excluding hydrogens is 488 g/mol. The fourth-order valence-corrected chi connectivity index (χ4v) is 3.94. The first kappa shape index (κ1) is 21.3. The molecule has 0 saturated carbocycles. The van der Waals surface area contributed by atoms with Crippen LogP contribution in [-0.2, 0) is 16.1 Å². The van der Waals surface area contributed by atoms with E-state index in [1.165, 1.54) is 10.6 Å². The zero-order chi connectivity index (χ0) is 22.0. The number of hydrogen-bond acceptors (Lipinski definition) is 5. The number of hydrogen-bond donors (Lipinski definition) is 2. The molecule has 1 fully saturated rings. The van der Waals surface area contributed by atoms with Crippen LogP contribution >= 0.6 is 27.5 Å². The number of benzene rings is 1. The quantitative estimate of drug-likeness (QED) is 0.554. The standard InChI is InChI=1S/C21H18BrClN4O4/c22-16-3-1-2-15(19(16)23)12-6-7-27-17(8-12)24-9-13(20(27)29)11-31-21(30)25-10-14-4-5-18(28)26-14/h1-3,6-9,14H,4-5,10-11H2,(H,25,30)(H,26,28)/t14-/m0/s1. The lowest BCUT2D eigenvalue weighted by Crippen LogP contribution is -2.38. The number of nitrogens with zero attached hydrogens (tertiary/aromatic N) is 2. The van der Waals surface area contributed by atoms with Gasteiger partial charge in [0, 0.05) is 41.4 Å². The first-order chi connectivity index (χ1) is 14.9. The summed E-state index contributed by atoms with van der Waals surface area (Å²) in [6.45, 7) is 0.0668. The van der Waals surface area contributed by atoms with E-state index in [2.05, 4.69) is 31.5 Å². The number of alkyl carbamates (subject to hydrolysis) is 1. The van der Waals surface area contributed by atoms with E-state index in [9.17, 15) is 14.4 Å². The summed E-state index contributed by atoms with van der Waals surface area (Å²) >= 11 is 9.78. The highest BCUT2D eigenvalue weighted by molar-refractivity contribution is 9.10. The third-order valence-electron chi connectivity index (χ3n) is 4.98. The normalized spacial score (nSPS) is 15.7. The molecule has 1 aliphatic heterocycles. The molecule has 1 atom stereocenters. The summed E-state index contributed by atoms with van der Waals surface area (Å²) in [6, 6.07) is 9.05. The first-order valence-electron chi connectivity index (χ1n) is 9.57. The second-order valence-electron chi connectivity index (χ2n) is 7.09. The van der Waals surface area contributed by atoms with Gasteiger partial charge < -0.3 is 15.4 Å². The predicted octanol–water partition coefficient (Wildman–Crippen LogP) is 3.28. The molecular formula is C21H18BrClN4O4. The summed E-state index contributed by atoms with van der Waals surface area (Å²) in [5.41, 5.74) is 2.00. The van der Waals surface area contributed by atoms with Gasteiger partial charge in [0.25, 0.3) is 5.56 Å². The Hall–Kier alpha value is -2.91. The van der Waals surface area contributed by atoms with Gasteiger partial charge >= 0.3 is 6.09 Å². The molecule has 0 aliphatic carbocycles. The number of amides is 2. The minimum atomic E-state index is -0.662. The van der Waals surface area contributed by atoms with E-state index in [4.69, 9.17) is 16.3 Å². The van der Waals surface area contributed by atoms with E-state index in [0.29, 0.717) is 23.5 Å². The van der Waals surface area contributed by atoms with Gasteiger partial charge in [0.2, 0.25) is 5.91 Å². The van der Waals surface area contributed by atoms with Crippen LogP contribution in [0.4, 0.5) is 4.79 Å². The molecule has 2 amide bonds. The number of carbonyl (C=O) groups is 2. The second-order valence-corrected chi connectivity index (χ2v) is 8.33. The molecule has 1 aliphatic rings. The highest BCUT2D eigenvalue weighted by Crippen LogP contribution is 2.33. The first-order valence-corrected chi connectivity index (χ1v) is 10.7. The Bertz CT molecular complexity index is 1230. The van der Waals surface area contributed by atoms with Crippen molar-refractivity contribution in [2.75, 3.05) is 6.54 Å². The Morgan fingerprint density at radius 1 is 1.35 bits per heavy atom. The number of fused-ring (bicyclic) bond motifs is 1. The molecule has 8 nitrogen and oxygen atoms in total. The highest BCUT2D eigenvalue weighted by atomic mass is 79.9. The molecule has 0 bridgehead atoms. The number of carbonyl (C=O) groups excluding carboxylic acids is 2. The van der Waals surface area contributed by atoms with Crippen molar-refractivity contribution in [3.8, 4) is 11.1 Å². The Labute approximate surface area is 190 Å². The molecule has 0 radical (unpaired) electrons. The lowest BCUT2D eigenvalue weighted by Gasteiger charge is -2.12. The number of nitrogens with one attached hydrogen (secondary N) is 2. The van der Waals surface area contributed by atoms with E-state index < -0.39 is 6.09 Å². The van der Waals surface area contributed by atoms with Crippen molar-refractivity contribution in [3.05, 3.63) is 68.1 Å². The smallest absolute Gasteiger partial charge is 0.407 e. The number of pyridine rings is 1. The van der Waals surface area contributed by atoms with Crippen molar-refractivity contribution in [3.63, 3.8) is 0 Å². The van der Waals surface area contributed by atoms with Crippen molar-refractivity contribution in [2.24, 2.45) is 0 Å². The van der Waals surface area contributed by atoms with Crippen molar-refractivity contribution in [1.29, 1.82) is 0 Å². The minimum absolute atomic E-state index is 0.0271. The Morgan fingerprint density at radius 2 is 2.19 bits per heavy atom. The Morgan fingerprint density at radius 3 is 2.97 bits per heavy atom. The summed E-state index contributed by atoms with van der Waals surface area (Å²) in [5.74, 6) is -0.0271. The topological polar surface area (TPSA) is 102 Å². The van der Waals surface area contributed by atoms with Crippen molar-refractivity contribution in [1.82, 2.24) is 20.0 Å². The fourth-order valence-electron chi connectivity index (χ4n) is 3.34. The third kappa shape index (κ3) is 4.72. The molecule has 3 heterocycles. The van der Waals surface area contributed by atoms with Crippen LogP contribution in [0.3, 0.4) is 0 Å². The lowest BCUT2D eigenvalue weighted by molar-refractivity contribution is -0.119. The SMILES string of the molecule is O=C1CC[C@@H](CNC(=O)OCc2cnc3cc(-c4cccc(Br)c4Cl)ccn3c2=O)N1. The van der Waals surface area contributed by atoms with E-state index >= 15 is 0 Å². The number of ether oxygens (including phenoxy) is 1. The van der Waals surface area contributed by atoms with E-state index in [1.807, 2.05) is 18.2 Å². The number of rotatable bonds is 5. The molecule has 4 rings (SSSR count). The molecule has 160 valence electrons. The van der Waals surface area contributed by atoms with Gasteiger partial charge in [0.15, 0.2) is 0 Å². The van der Waals surface area contributed by atoms with Gasteiger partial charge in [-0.25, -0.2) is 9.78 Å².